The Morgan fingerprint density at radius 2 is 0.699 bits per heavy atom. The lowest BCUT2D eigenvalue weighted by Crippen LogP contribution is -2.38. The van der Waals surface area contributed by atoms with Gasteiger partial charge in [0.1, 0.15) is 33.6 Å². The topological polar surface area (TPSA) is 281 Å². The van der Waals surface area contributed by atoms with Gasteiger partial charge in [0.25, 0.3) is 17.7 Å². The minimum absolute atomic E-state index is 0.113. The predicted molar refractivity (Wildman–Crippen MR) is 405 cm³/mol. The zero-order chi connectivity index (χ0) is 78.9. The summed E-state index contributed by atoms with van der Waals surface area (Å²) in [7, 11) is 0. The van der Waals surface area contributed by atoms with Crippen LogP contribution in [0, 0.1) is 35.5 Å². The lowest BCUT2D eigenvalue weighted by Gasteiger charge is -2.20. The third kappa shape index (κ3) is 46.0. The van der Waals surface area contributed by atoms with Crippen LogP contribution < -0.4 is 31.9 Å². The summed E-state index contributed by atoms with van der Waals surface area (Å²) in [4.78, 5) is 108. The minimum Gasteiger partial charge on any atom is -0.460 e. The third-order valence-electron chi connectivity index (χ3n) is 12.6. The largest absolute Gasteiger partial charge is 0.460 e. The number of carbonyl (C=O) groups is 9. The van der Waals surface area contributed by atoms with Gasteiger partial charge in [-0.15, -0.1) is 0 Å². The van der Waals surface area contributed by atoms with E-state index in [-0.39, 0.29) is 85.8 Å². The molecule has 21 heteroatoms. The standard InChI is InChI=1S/C28H41N3O6.C21H34N2O4.C17H25NO3.C16H20O2/c1-19(2)11-12-20-16-21(24(33)29-13-9-10-23(32)36-27(3,4)5)18-22(17-20)25(34)30-14-15-31-26(35)37-28(6,7)8;1-14(2)17-10-15(12-22-18(24)26-20(3,4)5)9-16(11-17)13-23-19(25)27-21(6,7)8;1-12(2)13-6-8-14(9-7-13)16(20)18-11-10-15(19)21-17(3,4)5;1-12(2)6-7-13-8-10-14(11-9-13)15(17)18-16(3,4)5/h16-19H,9-10,13-15H2,1-8H3,(H,29,33)(H,30,34)(H,31,35);9-11,14H,12-13H2,1-8H3,(H,22,24)(H,23,25);6-9,12H,10-11H2,1-5H3,(H,18,20);8-12H,1-5H3. The summed E-state index contributed by atoms with van der Waals surface area (Å²) >= 11 is 0. The highest BCUT2D eigenvalue weighted by atomic mass is 16.6. The van der Waals surface area contributed by atoms with Gasteiger partial charge in [0.2, 0.25) is 0 Å². The van der Waals surface area contributed by atoms with Crippen LogP contribution in [0.3, 0.4) is 0 Å². The Kier molecular flexibility index (Phi) is 38.2. The fraction of sp³-hybridized carbons (Fsp3) is 0.549. The monoisotopic (exact) mass is 1430 g/mol. The van der Waals surface area contributed by atoms with E-state index >= 15 is 0 Å². The van der Waals surface area contributed by atoms with Gasteiger partial charge >= 0.3 is 36.2 Å². The molecule has 4 rings (SSSR count). The second-order valence-corrected chi connectivity index (χ2v) is 31.7. The molecule has 568 valence electrons. The fourth-order valence-corrected chi connectivity index (χ4v) is 8.23. The number of ether oxygens (including phenoxy) is 6. The zero-order valence-corrected chi connectivity index (χ0v) is 66.4. The van der Waals surface area contributed by atoms with Crippen molar-refractivity contribution in [3.05, 3.63) is 141 Å². The molecular weight excluding hydrogens is 1310 g/mol. The summed E-state index contributed by atoms with van der Waals surface area (Å²) in [5.41, 5.74) is 4.20. The van der Waals surface area contributed by atoms with Crippen LogP contribution in [-0.4, -0.2) is 114 Å². The van der Waals surface area contributed by atoms with Gasteiger partial charge in [0.15, 0.2) is 0 Å². The first-order valence-corrected chi connectivity index (χ1v) is 35.2. The molecule has 4 aromatic rings. The number of hydrogen-bond donors (Lipinski definition) is 6. The molecule has 6 amide bonds. The van der Waals surface area contributed by atoms with Gasteiger partial charge in [0.05, 0.1) is 12.0 Å². The second kappa shape index (κ2) is 42.9. The molecule has 0 aliphatic heterocycles. The van der Waals surface area contributed by atoms with Crippen LogP contribution in [0.15, 0.2) is 84.9 Å². The van der Waals surface area contributed by atoms with E-state index in [2.05, 4.69) is 95.4 Å². The number of nitrogens with one attached hydrogen (secondary N) is 6. The van der Waals surface area contributed by atoms with Crippen molar-refractivity contribution < 1.29 is 71.6 Å². The molecule has 0 bridgehead atoms. The van der Waals surface area contributed by atoms with Crippen LogP contribution in [0.1, 0.15) is 286 Å². The Bertz CT molecular complexity index is 3430. The highest BCUT2D eigenvalue weighted by molar-refractivity contribution is 6.00. The maximum Gasteiger partial charge on any atom is 0.407 e. The molecule has 0 saturated heterocycles. The van der Waals surface area contributed by atoms with Crippen LogP contribution in [0.25, 0.3) is 0 Å². The van der Waals surface area contributed by atoms with Gasteiger partial charge in [-0.25, -0.2) is 19.2 Å². The highest BCUT2D eigenvalue weighted by Crippen LogP contribution is 2.21. The van der Waals surface area contributed by atoms with E-state index in [1.165, 1.54) is 11.6 Å². The van der Waals surface area contributed by atoms with Crippen LogP contribution in [0.4, 0.5) is 14.4 Å². The number of benzene rings is 4. The van der Waals surface area contributed by atoms with E-state index < -0.39 is 57.8 Å². The van der Waals surface area contributed by atoms with Gasteiger partial charge in [-0.2, -0.15) is 0 Å². The molecule has 0 atom stereocenters. The molecule has 0 fully saturated rings. The van der Waals surface area contributed by atoms with Gasteiger partial charge in [-0.3, -0.25) is 24.0 Å². The van der Waals surface area contributed by atoms with E-state index in [4.69, 9.17) is 28.4 Å². The lowest BCUT2D eigenvalue weighted by molar-refractivity contribution is -0.155. The molecule has 4 aromatic carbocycles. The molecule has 21 nitrogen and oxygen atoms in total. The summed E-state index contributed by atoms with van der Waals surface area (Å²) in [5.74, 6) is 11.5. The Morgan fingerprint density at radius 3 is 1.11 bits per heavy atom. The molecule has 103 heavy (non-hydrogen) atoms. The summed E-state index contributed by atoms with van der Waals surface area (Å²) in [6, 6.07) is 25.5. The van der Waals surface area contributed by atoms with E-state index in [0.29, 0.717) is 54.0 Å². The average molecular weight is 1430 g/mol. The molecule has 0 heterocycles. The van der Waals surface area contributed by atoms with Crippen LogP contribution in [0.2, 0.25) is 0 Å². The SMILES string of the molecule is CC(C)C#Cc1cc(C(=O)NCCCC(=O)OC(C)(C)C)cc(C(=O)NCCNC(=O)OC(C)(C)C)c1.CC(C)C#Cc1ccc(C(=O)OC(C)(C)C)cc1.CC(C)c1cc(CNC(=O)OC(C)(C)C)cc(CNC(=O)OC(C)(C)C)c1.CC(C)c1ccc(C(=O)NCCC(=O)OC(C)(C)C)cc1. The quantitative estimate of drug-likeness (QED) is 0.0208. The molecule has 0 spiro atoms. The molecule has 6 N–H and O–H groups in total. The van der Waals surface area contributed by atoms with E-state index in [1.807, 2.05) is 141 Å². The van der Waals surface area contributed by atoms with Gasteiger partial charge in [-0.05, 0) is 220 Å². The fourth-order valence-electron chi connectivity index (χ4n) is 8.23. The molecule has 0 saturated carbocycles. The second-order valence-electron chi connectivity index (χ2n) is 31.7. The van der Waals surface area contributed by atoms with Crippen molar-refractivity contribution in [2.75, 3.05) is 26.2 Å². The summed E-state index contributed by atoms with van der Waals surface area (Å²) < 4.78 is 31.4. The van der Waals surface area contributed by atoms with Gasteiger partial charge in [-0.1, -0.05) is 109 Å². The molecular formula is C82H120N6O15. The van der Waals surface area contributed by atoms with Crippen LogP contribution in [-0.2, 0) is 51.1 Å². The normalized spacial score (nSPS) is 11.3. The lowest BCUT2D eigenvalue weighted by atomic mass is 9.97. The highest BCUT2D eigenvalue weighted by Gasteiger charge is 2.23. The number of rotatable bonds is 20. The first-order valence-electron chi connectivity index (χ1n) is 35.2. The smallest absolute Gasteiger partial charge is 0.407 e. The van der Waals surface area contributed by atoms with Crippen LogP contribution in [0.5, 0.6) is 0 Å². The van der Waals surface area contributed by atoms with Crippen LogP contribution >= 0.6 is 0 Å². The number of carbonyl (C=O) groups excluding carboxylic acids is 9. The maximum atomic E-state index is 12.8. The van der Waals surface area contributed by atoms with Crippen molar-refractivity contribution in [2.24, 2.45) is 11.8 Å². The zero-order valence-electron chi connectivity index (χ0n) is 66.4. The molecule has 0 unspecified atom stereocenters. The molecule has 0 aromatic heterocycles. The predicted octanol–water partition coefficient (Wildman–Crippen LogP) is 15.6. The van der Waals surface area contributed by atoms with E-state index in [1.54, 1.807) is 77.9 Å². The molecule has 0 radical (unpaired) electrons. The number of amides is 6. The summed E-state index contributed by atoms with van der Waals surface area (Å²) in [5, 5.41) is 16.3. The van der Waals surface area contributed by atoms with Crippen molar-refractivity contribution in [2.45, 2.75) is 258 Å². The Balaban J connectivity index is 0.000000713. The first-order chi connectivity index (χ1) is 47.3. The van der Waals surface area contributed by atoms with Crippen molar-refractivity contribution in [3.63, 3.8) is 0 Å². The molecule has 0 aliphatic rings. The number of hydrogen-bond acceptors (Lipinski definition) is 15. The Labute approximate surface area is 614 Å². The van der Waals surface area contributed by atoms with Crippen molar-refractivity contribution in [1.29, 1.82) is 0 Å². The number of esters is 3. The van der Waals surface area contributed by atoms with Crippen molar-refractivity contribution in [3.8, 4) is 23.7 Å². The minimum atomic E-state index is -0.614. The Morgan fingerprint density at radius 1 is 0.340 bits per heavy atom. The Hall–Kier alpha value is -9.37. The molecule has 0 aliphatic carbocycles. The summed E-state index contributed by atoms with van der Waals surface area (Å²) in [6.07, 6.45) is -0.698. The third-order valence-corrected chi connectivity index (χ3v) is 12.6. The summed E-state index contributed by atoms with van der Waals surface area (Å²) in [6.45, 7) is 50.7. The first kappa shape index (κ1) is 91.6. The maximum absolute atomic E-state index is 12.8. The van der Waals surface area contributed by atoms with Crippen molar-refractivity contribution in [1.82, 2.24) is 31.9 Å². The van der Waals surface area contributed by atoms with Gasteiger partial charge in [0, 0.05) is 85.3 Å². The van der Waals surface area contributed by atoms with Crippen molar-refractivity contribution >= 4 is 53.9 Å². The average Bonchev–Trinajstić information content (AvgIpc) is 0.755. The van der Waals surface area contributed by atoms with E-state index in [9.17, 15) is 43.2 Å². The van der Waals surface area contributed by atoms with Gasteiger partial charge < -0.3 is 60.3 Å². The number of alkyl carbamates (subject to hydrolysis) is 3. The van der Waals surface area contributed by atoms with E-state index in [0.717, 1.165) is 22.3 Å².